The maximum absolute atomic E-state index is 12.0. The van der Waals surface area contributed by atoms with Crippen LogP contribution >= 0.6 is 0 Å². The molecule has 0 spiro atoms. The Bertz CT molecular complexity index is 656. The minimum absolute atomic E-state index is 0.0169. The highest BCUT2D eigenvalue weighted by Crippen LogP contribution is 2.23. The molecule has 0 atom stereocenters. The molecule has 1 aliphatic rings. The lowest BCUT2D eigenvalue weighted by atomic mass is 10.2. The van der Waals surface area contributed by atoms with Crippen LogP contribution in [0.15, 0.2) is 23.3 Å². The number of carbonyl (C=O) groups excluding carboxylic acids is 2. The molecule has 1 aromatic rings. The molecule has 1 aromatic carbocycles. The van der Waals surface area contributed by atoms with Crippen LogP contribution in [0.1, 0.15) is 45.1 Å². The number of aromatic hydroxyl groups is 1. The Labute approximate surface area is 154 Å². The lowest BCUT2D eigenvalue weighted by molar-refractivity contribution is -0.135. The Kier molecular flexibility index (Phi) is 7.44. The summed E-state index contributed by atoms with van der Waals surface area (Å²) in [4.78, 5) is 27.6. The van der Waals surface area contributed by atoms with Gasteiger partial charge in [-0.2, -0.15) is 5.10 Å². The van der Waals surface area contributed by atoms with E-state index in [0.29, 0.717) is 18.5 Å². The zero-order chi connectivity index (χ0) is 18.9. The number of hydrogen-bond donors (Lipinski definition) is 2. The molecule has 0 radical (unpaired) electrons. The van der Waals surface area contributed by atoms with Crippen molar-refractivity contribution in [2.24, 2.45) is 5.10 Å². The highest BCUT2D eigenvalue weighted by molar-refractivity contribution is 5.88. The number of hydrazone groups is 1. The first-order valence-electron chi connectivity index (χ1n) is 9.22. The second kappa shape index (κ2) is 9.79. The van der Waals surface area contributed by atoms with Crippen molar-refractivity contribution in [1.82, 2.24) is 10.3 Å². The highest BCUT2D eigenvalue weighted by atomic mass is 16.3. The van der Waals surface area contributed by atoms with Gasteiger partial charge >= 0.3 is 0 Å². The fourth-order valence-electron chi connectivity index (χ4n) is 3.01. The molecular formula is C19H28N4O3. The maximum Gasteiger partial charge on any atom is 0.259 e. The fourth-order valence-corrected chi connectivity index (χ4v) is 3.01. The molecule has 2 rings (SSSR count). The summed E-state index contributed by atoms with van der Waals surface area (Å²) in [5.74, 6) is -0.211. The monoisotopic (exact) mass is 360 g/mol. The van der Waals surface area contributed by atoms with E-state index in [1.165, 1.54) is 6.21 Å². The SMILES string of the molecule is CCN(CC)c1ccc(/C=N/NC(=O)CN2CCCCCC2=O)c(O)c1. The van der Waals surface area contributed by atoms with Crippen molar-refractivity contribution in [3.8, 4) is 5.75 Å². The minimum atomic E-state index is -0.337. The number of carbonyl (C=O) groups is 2. The van der Waals surface area contributed by atoms with E-state index >= 15 is 0 Å². The van der Waals surface area contributed by atoms with E-state index in [2.05, 4.69) is 29.3 Å². The van der Waals surface area contributed by atoms with Crippen LogP contribution in [-0.2, 0) is 9.59 Å². The Balaban J connectivity index is 1.91. The molecule has 7 heteroatoms. The summed E-state index contributed by atoms with van der Waals surface area (Å²) in [6.07, 6.45) is 4.74. The minimum Gasteiger partial charge on any atom is -0.507 e. The van der Waals surface area contributed by atoms with Gasteiger partial charge in [0.15, 0.2) is 0 Å². The summed E-state index contributed by atoms with van der Waals surface area (Å²) in [5, 5.41) is 14.0. The van der Waals surface area contributed by atoms with E-state index in [1.807, 2.05) is 6.07 Å². The van der Waals surface area contributed by atoms with Crippen molar-refractivity contribution in [2.75, 3.05) is 31.1 Å². The molecule has 1 saturated heterocycles. The molecular weight excluding hydrogens is 332 g/mol. The Morgan fingerprint density at radius 1 is 1.31 bits per heavy atom. The average molecular weight is 360 g/mol. The van der Waals surface area contributed by atoms with Gasteiger partial charge in [0.2, 0.25) is 5.91 Å². The van der Waals surface area contributed by atoms with Crippen LogP contribution in [-0.4, -0.2) is 54.2 Å². The first-order chi connectivity index (χ1) is 12.5. The van der Waals surface area contributed by atoms with Gasteiger partial charge in [-0.15, -0.1) is 0 Å². The Morgan fingerprint density at radius 2 is 2.08 bits per heavy atom. The average Bonchev–Trinajstić information content (AvgIpc) is 2.82. The van der Waals surface area contributed by atoms with Crippen molar-refractivity contribution in [1.29, 1.82) is 0 Å². The molecule has 7 nitrogen and oxygen atoms in total. The van der Waals surface area contributed by atoms with Gasteiger partial charge in [0, 0.05) is 43.4 Å². The molecule has 0 saturated carbocycles. The van der Waals surface area contributed by atoms with Gasteiger partial charge in [0.05, 0.1) is 6.21 Å². The first-order valence-corrected chi connectivity index (χ1v) is 9.22. The van der Waals surface area contributed by atoms with Gasteiger partial charge in [-0.05, 0) is 38.8 Å². The second-order valence-corrected chi connectivity index (χ2v) is 6.33. The van der Waals surface area contributed by atoms with Crippen molar-refractivity contribution >= 4 is 23.7 Å². The largest absolute Gasteiger partial charge is 0.507 e. The quantitative estimate of drug-likeness (QED) is 0.576. The normalized spacial score (nSPS) is 15.2. The van der Waals surface area contributed by atoms with Crippen LogP contribution in [0.4, 0.5) is 5.69 Å². The zero-order valence-corrected chi connectivity index (χ0v) is 15.6. The van der Waals surface area contributed by atoms with Gasteiger partial charge in [0.25, 0.3) is 5.91 Å². The summed E-state index contributed by atoms with van der Waals surface area (Å²) in [5.41, 5.74) is 3.88. The van der Waals surface area contributed by atoms with Crippen molar-refractivity contribution in [2.45, 2.75) is 39.5 Å². The summed E-state index contributed by atoms with van der Waals surface area (Å²) >= 11 is 0. The van der Waals surface area contributed by atoms with Crippen molar-refractivity contribution in [3.05, 3.63) is 23.8 Å². The number of phenols is 1. The molecule has 1 aliphatic heterocycles. The number of rotatable bonds is 7. The lowest BCUT2D eigenvalue weighted by Crippen LogP contribution is -2.39. The fraction of sp³-hybridized carbons (Fsp3) is 0.526. The first kappa shape index (κ1) is 19.8. The summed E-state index contributed by atoms with van der Waals surface area (Å²) in [7, 11) is 0. The molecule has 0 aromatic heterocycles. The third-order valence-electron chi connectivity index (χ3n) is 4.54. The summed E-state index contributed by atoms with van der Waals surface area (Å²) < 4.78 is 0. The standard InChI is InChI=1S/C19H28N4O3/c1-3-22(4-2)16-10-9-15(17(24)12-16)13-20-21-18(25)14-23-11-7-5-6-8-19(23)26/h9-10,12-13,24H,3-8,11,14H2,1-2H3,(H,21,25)/b20-13+. The number of amides is 2. The lowest BCUT2D eigenvalue weighted by Gasteiger charge is -2.21. The predicted octanol–water partition coefficient (Wildman–Crippen LogP) is 2.09. The van der Waals surface area contributed by atoms with E-state index in [0.717, 1.165) is 38.0 Å². The van der Waals surface area contributed by atoms with Gasteiger partial charge in [-0.25, -0.2) is 5.43 Å². The topological polar surface area (TPSA) is 85.2 Å². The molecule has 2 N–H and O–H groups in total. The van der Waals surface area contributed by atoms with E-state index in [1.54, 1.807) is 17.0 Å². The Hall–Kier alpha value is -2.57. The van der Waals surface area contributed by atoms with Gasteiger partial charge < -0.3 is 14.9 Å². The number of nitrogens with zero attached hydrogens (tertiary/aromatic N) is 3. The molecule has 0 aliphatic carbocycles. The van der Waals surface area contributed by atoms with E-state index in [-0.39, 0.29) is 24.1 Å². The molecule has 1 heterocycles. The third-order valence-corrected chi connectivity index (χ3v) is 4.54. The van der Waals surface area contributed by atoms with Crippen LogP contribution in [0.5, 0.6) is 5.75 Å². The van der Waals surface area contributed by atoms with Gasteiger partial charge in [-0.1, -0.05) is 6.42 Å². The molecule has 0 bridgehead atoms. The zero-order valence-electron chi connectivity index (χ0n) is 15.6. The Morgan fingerprint density at radius 3 is 2.77 bits per heavy atom. The van der Waals surface area contributed by atoms with Crippen LogP contribution in [0.2, 0.25) is 0 Å². The van der Waals surface area contributed by atoms with Gasteiger partial charge in [-0.3, -0.25) is 9.59 Å². The summed E-state index contributed by atoms with van der Waals surface area (Å²) in [6.45, 7) is 6.46. The second-order valence-electron chi connectivity index (χ2n) is 6.33. The van der Waals surface area contributed by atoms with E-state index in [9.17, 15) is 14.7 Å². The smallest absolute Gasteiger partial charge is 0.259 e. The number of benzene rings is 1. The predicted molar refractivity (Wildman–Crippen MR) is 102 cm³/mol. The highest BCUT2D eigenvalue weighted by Gasteiger charge is 2.18. The molecule has 26 heavy (non-hydrogen) atoms. The summed E-state index contributed by atoms with van der Waals surface area (Å²) in [6, 6.07) is 5.36. The number of hydrogen-bond acceptors (Lipinski definition) is 5. The molecule has 0 unspecified atom stereocenters. The number of likely N-dealkylation sites (tertiary alicyclic amines) is 1. The van der Waals surface area contributed by atoms with Crippen molar-refractivity contribution < 1.29 is 14.7 Å². The number of phenolic OH excluding ortho intramolecular Hbond substituents is 1. The van der Waals surface area contributed by atoms with E-state index in [4.69, 9.17) is 0 Å². The van der Waals surface area contributed by atoms with Gasteiger partial charge in [0.1, 0.15) is 12.3 Å². The van der Waals surface area contributed by atoms with Crippen molar-refractivity contribution in [3.63, 3.8) is 0 Å². The van der Waals surface area contributed by atoms with Crippen LogP contribution < -0.4 is 10.3 Å². The maximum atomic E-state index is 12.0. The van der Waals surface area contributed by atoms with Crippen LogP contribution in [0.3, 0.4) is 0 Å². The number of anilines is 1. The molecule has 1 fully saturated rings. The van der Waals surface area contributed by atoms with Crippen LogP contribution in [0, 0.1) is 0 Å². The molecule has 142 valence electrons. The number of nitrogens with one attached hydrogen (secondary N) is 1. The molecule has 2 amide bonds. The van der Waals surface area contributed by atoms with E-state index < -0.39 is 0 Å². The third kappa shape index (κ3) is 5.47. The van der Waals surface area contributed by atoms with Crippen LogP contribution in [0.25, 0.3) is 0 Å².